The van der Waals surface area contributed by atoms with E-state index >= 15 is 0 Å². The van der Waals surface area contributed by atoms with Crippen molar-refractivity contribution in [2.45, 2.75) is 126 Å². The SMILES string of the molecule is Cc1c(C)c(C)c2c(c1C)c1c3c(c4c5c(C)c(C)c(C)c(C)c5n5c4c1n2C1(C)CCCC5(C)O1)C(C)N(C)C3C. The van der Waals surface area contributed by atoms with Gasteiger partial charge < -0.3 is 13.9 Å². The van der Waals surface area contributed by atoms with Crippen LogP contribution in [-0.4, -0.2) is 21.1 Å². The Morgan fingerprint density at radius 1 is 0.524 bits per heavy atom. The highest BCUT2D eigenvalue weighted by molar-refractivity contribution is 6.27. The predicted octanol–water partition coefficient (Wildman–Crippen LogP) is 10.00. The second-order valence-corrected chi connectivity index (χ2v) is 14.7. The number of aryl methyl sites for hydroxylation is 4. The standard InChI is InChI=1S/C38H47N3O/c1-17-19(3)23(7)33-27(21(17)5)31-29-25(9)39(13)26(10)30(29)32-28-22(6)18(2)20(4)24(8)34(28)41-36(32)35(31)40(33)37(11)15-14-16-38(41,12)42-37/h25-26H,14-16H2,1-13H3. The van der Waals surface area contributed by atoms with Gasteiger partial charge in [-0.15, -0.1) is 0 Å². The summed E-state index contributed by atoms with van der Waals surface area (Å²) in [5.74, 6) is 0. The van der Waals surface area contributed by atoms with E-state index in [0.29, 0.717) is 12.1 Å². The van der Waals surface area contributed by atoms with Crippen molar-refractivity contribution in [1.29, 1.82) is 0 Å². The Morgan fingerprint density at radius 3 is 1.26 bits per heavy atom. The maximum atomic E-state index is 7.57. The first kappa shape index (κ1) is 26.8. The summed E-state index contributed by atoms with van der Waals surface area (Å²) in [5.41, 5.74) is 19.2. The van der Waals surface area contributed by atoms with Crippen LogP contribution in [0.25, 0.3) is 43.6 Å². The first-order valence-electron chi connectivity index (χ1n) is 16.2. The molecule has 4 atom stereocenters. The lowest BCUT2D eigenvalue weighted by molar-refractivity contribution is -0.245. The highest BCUT2D eigenvalue weighted by atomic mass is 16.6. The fourth-order valence-electron chi connectivity index (χ4n) is 9.87. The fourth-order valence-corrected chi connectivity index (χ4v) is 9.87. The third-order valence-corrected chi connectivity index (χ3v) is 13.0. The molecule has 3 aliphatic heterocycles. The Balaban J connectivity index is 1.86. The van der Waals surface area contributed by atoms with Crippen molar-refractivity contribution in [2.24, 2.45) is 0 Å². The molecule has 220 valence electrons. The number of hydrogen-bond acceptors (Lipinski definition) is 2. The maximum Gasteiger partial charge on any atom is 0.145 e. The van der Waals surface area contributed by atoms with Crippen molar-refractivity contribution in [1.82, 2.24) is 14.0 Å². The lowest BCUT2D eigenvalue weighted by Crippen LogP contribution is -2.46. The lowest BCUT2D eigenvalue weighted by Gasteiger charge is -2.46. The van der Waals surface area contributed by atoms with Crippen LogP contribution in [0.2, 0.25) is 0 Å². The first-order valence-corrected chi connectivity index (χ1v) is 16.2. The number of fused-ring (bicyclic) bond motifs is 13. The molecule has 0 radical (unpaired) electrons. The Kier molecular flexibility index (Phi) is 4.98. The Hall–Kier alpha value is -2.82. The summed E-state index contributed by atoms with van der Waals surface area (Å²) in [5, 5.41) is 5.87. The van der Waals surface area contributed by atoms with Crippen molar-refractivity contribution in [3.8, 4) is 0 Å². The molecule has 1 fully saturated rings. The molecule has 2 aromatic heterocycles. The number of benzene rings is 3. The van der Waals surface area contributed by atoms with E-state index in [1.54, 1.807) is 11.1 Å². The Bertz CT molecular complexity index is 1960. The molecule has 5 heterocycles. The van der Waals surface area contributed by atoms with E-state index in [1.165, 1.54) is 88.1 Å². The minimum atomic E-state index is -0.430. The summed E-state index contributed by atoms with van der Waals surface area (Å²) >= 11 is 0. The molecule has 0 saturated carbocycles. The van der Waals surface area contributed by atoms with Gasteiger partial charge in [-0.3, -0.25) is 4.90 Å². The van der Waals surface area contributed by atoms with Crippen LogP contribution in [0, 0.1) is 55.4 Å². The molecule has 0 N–H and O–H groups in total. The van der Waals surface area contributed by atoms with Crippen LogP contribution in [0.15, 0.2) is 0 Å². The maximum absolute atomic E-state index is 7.57. The van der Waals surface area contributed by atoms with Crippen LogP contribution in [-0.2, 0) is 16.2 Å². The lowest BCUT2D eigenvalue weighted by atomic mass is 9.87. The van der Waals surface area contributed by atoms with Crippen LogP contribution >= 0.6 is 0 Å². The third kappa shape index (κ3) is 2.66. The van der Waals surface area contributed by atoms with Crippen LogP contribution in [0.1, 0.15) is 115 Å². The number of rotatable bonds is 0. The third-order valence-electron chi connectivity index (χ3n) is 13.0. The smallest absolute Gasteiger partial charge is 0.145 e. The summed E-state index contributed by atoms with van der Waals surface area (Å²) in [6.45, 7) is 28.4. The second kappa shape index (κ2) is 7.81. The quantitative estimate of drug-likeness (QED) is 0.188. The highest BCUT2D eigenvalue weighted by Gasteiger charge is 2.50. The van der Waals surface area contributed by atoms with Crippen LogP contribution in [0.5, 0.6) is 0 Å². The molecular formula is C38H47N3O. The molecule has 0 aliphatic carbocycles. The Labute approximate surface area is 250 Å². The largest absolute Gasteiger partial charge is 0.330 e. The zero-order valence-corrected chi connectivity index (χ0v) is 28.0. The molecule has 8 rings (SSSR count). The number of nitrogens with zero attached hydrogens (tertiary/aromatic N) is 3. The van der Waals surface area contributed by atoms with Gasteiger partial charge in [0.1, 0.15) is 11.4 Å². The molecule has 1 saturated heterocycles. The van der Waals surface area contributed by atoms with Gasteiger partial charge in [-0.25, -0.2) is 0 Å². The predicted molar refractivity (Wildman–Crippen MR) is 177 cm³/mol. The van der Waals surface area contributed by atoms with Gasteiger partial charge >= 0.3 is 0 Å². The van der Waals surface area contributed by atoms with Crippen LogP contribution in [0.3, 0.4) is 0 Å². The molecule has 4 unspecified atom stereocenters. The minimum absolute atomic E-state index is 0.332. The molecule has 4 heteroatoms. The van der Waals surface area contributed by atoms with E-state index in [9.17, 15) is 0 Å². The molecule has 0 spiro atoms. The second-order valence-electron chi connectivity index (χ2n) is 14.7. The zero-order chi connectivity index (χ0) is 30.1. The van der Waals surface area contributed by atoms with Gasteiger partial charge in [0.05, 0.1) is 22.1 Å². The summed E-state index contributed by atoms with van der Waals surface area (Å²) in [4.78, 5) is 2.61. The summed E-state index contributed by atoms with van der Waals surface area (Å²) in [6.07, 6.45) is 3.19. The van der Waals surface area contributed by atoms with Crippen molar-refractivity contribution in [2.75, 3.05) is 7.05 Å². The zero-order valence-electron chi connectivity index (χ0n) is 28.0. The van der Waals surface area contributed by atoms with Gasteiger partial charge in [0.25, 0.3) is 0 Å². The fraction of sp³-hybridized carbons (Fsp3) is 0.526. The molecule has 3 aliphatic rings. The monoisotopic (exact) mass is 561 g/mol. The summed E-state index contributed by atoms with van der Waals surface area (Å²) in [6, 6.07) is 0.663. The van der Waals surface area contributed by atoms with Crippen molar-refractivity contribution in [3.63, 3.8) is 0 Å². The number of hydrogen-bond donors (Lipinski definition) is 0. The van der Waals surface area contributed by atoms with Gasteiger partial charge in [-0.2, -0.15) is 0 Å². The van der Waals surface area contributed by atoms with Gasteiger partial charge in [-0.1, -0.05) is 0 Å². The van der Waals surface area contributed by atoms with E-state index in [-0.39, 0.29) is 0 Å². The molecule has 2 bridgehead atoms. The van der Waals surface area contributed by atoms with E-state index in [2.05, 4.69) is 104 Å². The molecule has 0 amide bonds. The van der Waals surface area contributed by atoms with Crippen LogP contribution in [0.4, 0.5) is 0 Å². The Morgan fingerprint density at radius 2 is 0.881 bits per heavy atom. The van der Waals surface area contributed by atoms with E-state index in [0.717, 1.165) is 19.3 Å². The van der Waals surface area contributed by atoms with Gasteiger partial charge in [0.15, 0.2) is 0 Å². The van der Waals surface area contributed by atoms with Crippen molar-refractivity contribution >= 4 is 43.6 Å². The van der Waals surface area contributed by atoms with Crippen LogP contribution < -0.4 is 0 Å². The van der Waals surface area contributed by atoms with Gasteiger partial charge in [0.2, 0.25) is 0 Å². The molecule has 5 aromatic rings. The minimum Gasteiger partial charge on any atom is -0.330 e. The average Bonchev–Trinajstić information content (AvgIpc) is 3.55. The van der Waals surface area contributed by atoms with Crippen molar-refractivity contribution in [3.05, 3.63) is 55.6 Å². The molecular weight excluding hydrogens is 514 g/mol. The van der Waals surface area contributed by atoms with Gasteiger partial charge in [-0.05, 0) is 165 Å². The van der Waals surface area contributed by atoms with E-state index < -0.39 is 11.4 Å². The molecule has 42 heavy (non-hydrogen) atoms. The average molecular weight is 562 g/mol. The van der Waals surface area contributed by atoms with Crippen molar-refractivity contribution < 1.29 is 4.74 Å². The summed E-state index contributed by atoms with van der Waals surface area (Å²) in [7, 11) is 2.33. The summed E-state index contributed by atoms with van der Waals surface area (Å²) < 4.78 is 13.0. The molecule has 3 aromatic carbocycles. The number of ether oxygens (including phenoxy) is 1. The molecule has 4 nitrogen and oxygen atoms in total. The van der Waals surface area contributed by atoms with E-state index in [4.69, 9.17) is 4.74 Å². The van der Waals surface area contributed by atoms with E-state index in [1.807, 2.05) is 0 Å². The first-order chi connectivity index (χ1) is 19.7. The highest BCUT2D eigenvalue weighted by Crippen LogP contribution is 2.60. The van der Waals surface area contributed by atoms with Gasteiger partial charge in [0, 0.05) is 33.6 Å². The number of aromatic nitrogens is 2. The normalized spacial score (nSPS) is 27.4. The topological polar surface area (TPSA) is 22.3 Å².